The molecule has 158 valence electrons. The van der Waals surface area contributed by atoms with Crippen molar-refractivity contribution in [3.63, 3.8) is 0 Å². The van der Waals surface area contributed by atoms with Gasteiger partial charge in [-0.2, -0.15) is 0 Å². The SMILES string of the molecule is COc1ccc(C2(c3ccc(OC)cc3)NC(=N)N(Cc3ccc(C)cc3)C2=O)cc1. The van der Waals surface area contributed by atoms with Gasteiger partial charge >= 0.3 is 0 Å². The monoisotopic (exact) mass is 415 g/mol. The lowest BCUT2D eigenvalue weighted by molar-refractivity contribution is -0.130. The molecule has 3 aromatic rings. The van der Waals surface area contributed by atoms with Gasteiger partial charge in [-0.15, -0.1) is 0 Å². The first kappa shape index (κ1) is 20.5. The molecule has 31 heavy (non-hydrogen) atoms. The van der Waals surface area contributed by atoms with Gasteiger partial charge in [-0.25, -0.2) is 0 Å². The number of hydrogen-bond acceptors (Lipinski definition) is 4. The van der Waals surface area contributed by atoms with E-state index in [4.69, 9.17) is 14.9 Å². The summed E-state index contributed by atoms with van der Waals surface area (Å²) in [6.45, 7) is 2.34. The summed E-state index contributed by atoms with van der Waals surface area (Å²) >= 11 is 0. The van der Waals surface area contributed by atoms with Crippen molar-refractivity contribution in [2.24, 2.45) is 0 Å². The number of guanidine groups is 1. The van der Waals surface area contributed by atoms with Crippen molar-refractivity contribution in [1.82, 2.24) is 10.2 Å². The first-order valence-corrected chi connectivity index (χ1v) is 10.0. The largest absolute Gasteiger partial charge is 0.497 e. The van der Waals surface area contributed by atoms with Gasteiger partial charge in [-0.05, 0) is 47.9 Å². The van der Waals surface area contributed by atoms with E-state index in [0.717, 1.165) is 22.3 Å². The van der Waals surface area contributed by atoms with Gasteiger partial charge in [0.05, 0.1) is 20.8 Å². The maximum atomic E-state index is 13.9. The quantitative estimate of drug-likeness (QED) is 0.642. The van der Waals surface area contributed by atoms with Crippen molar-refractivity contribution in [2.45, 2.75) is 19.0 Å². The molecule has 1 fully saturated rings. The van der Waals surface area contributed by atoms with Gasteiger partial charge in [0, 0.05) is 0 Å². The third-order valence-corrected chi connectivity index (χ3v) is 5.65. The van der Waals surface area contributed by atoms with Crippen molar-refractivity contribution in [1.29, 1.82) is 5.41 Å². The Hall–Kier alpha value is -3.80. The number of ether oxygens (including phenoxy) is 2. The van der Waals surface area contributed by atoms with E-state index >= 15 is 0 Å². The van der Waals surface area contributed by atoms with Crippen LogP contribution in [0.2, 0.25) is 0 Å². The van der Waals surface area contributed by atoms with E-state index in [1.165, 1.54) is 4.90 Å². The summed E-state index contributed by atoms with van der Waals surface area (Å²) < 4.78 is 10.6. The smallest absolute Gasteiger partial charge is 0.264 e. The number of aryl methyl sites for hydroxylation is 1. The molecule has 1 heterocycles. The third kappa shape index (κ3) is 3.61. The minimum Gasteiger partial charge on any atom is -0.497 e. The Morgan fingerprint density at radius 1 is 0.839 bits per heavy atom. The number of carbonyl (C=O) groups excluding carboxylic acids is 1. The maximum Gasteiger partial charge on any atom is 0.264 e. The predicted molar refractivity (Wildman–Crippen MR) is 119 cm³/mol. The van der Waals surface area contributed by atoms with Crippen LogP contribution in [-0.2, 0) is 16.9 Å². The highest BCUT2D eigenvalue weighted by Gasteiger charge is 2.52. The number of carbonyl (C=O) groups is 1. The van der Waals surface area contributed by atoms with E-state index in [1.54, 1.807) is 14.2 Å². The average Bonchev–Trinajstić information content (AvgIpc) is 3.06. The van der Waals surface area contributed by atoms with Crippen LogP contribution in [0, 0.1) is 12.3 Å². The molecule has 0 bridgehead atoms. The molecule has 3 aromatic carbocycles. The van der Waals surface area contributed by atoms with Gasteiger partial charge in [-0.3, -0.25) is 15.1 Å². The fraction of sp³-hybridized carbons (Fsp3) is 0.200. The Balaban J connectivity index is 1.78. The number of methoxy groups -OCH3 is 2. The van der Waals surface area contributed by atoms with E-state index < -0.39 is 5.54 Å². The topological polar surface area (TPSA) is 74.7 Å². The highest BCUT2D eigenvalue weighted by Crippen LogP contribution is 2.37. The molecular weight excluding hydrogens is 390 g/mol. The molecule has 1 aliphatic rings. The Labute approximate surface area is 181 Å². The normalized spacial score (nSPS) is 15.0. The molecule has 2 N–H and O–H groups in total. The minimum absolute atomic E-state index is 0.0669. The standard InChI is InChI=1S/C25H25N3O3/c1-17-4-6-18(7-5-17)16-28-23(29)25(27-24(28)26,19-8-12-21(30-2)13-9-19)20-10-14-22(31-3)15-11-20/h4-15H,16H2,1-3H3,(H2,26,27). The zero-order valence-electron chi connectivity index (χ0n) is 17.8. The van der Waals surface area contributed by atoms with Crippen LogP contribution in [0.3, 0.4) is 0 Å². The van der Waals surface area contributed by atoms with Crippen molar-refractivity contribution in [3.8, 4) is 11.5 Å². The molecule has 1 amide bonds. The second kappa shape index (κ2) is 8.14. The van der Waals surface area contributed by atoms with Gasteiger partial charge in [0.1, 0.15) is 11.5 Å². The van der Waals surface area contributed by atoms with E-state index in [2.05, 4.69) is 5.32 Å². The van der Waals surface area contributed by atoms with E-state index in [-0.39, 0.29) is 11.9 Å². The second-order valence-electron chi connectivity index (χ2n) is 7.56. The number of benzene rings is 3. The molecule has 0 atom stereocenters. The van der Waals surface area contributed by atoms with Crippen LogP contribution in [0.5, 0.6) is 11.5 Å². The van der Waals surface area contributed by atoms with Gasteiger partial charge in [0.25, 0.3) is 5.91 Å². The summed E-state index contributed by atoms with van der Waals surface area (Å²) in [5.41, 5.74) is 2.38. The molecule has 4 rings (SSSR count). The predicted octanol–water partition coefficient (Wildman–Crippen LogP) is 3.82. The summed E-state index contributed by atoms with van der Waals surface area (Å²) in [6.07, 6.45) is 0. The van der Waals surface area contributed by atoms with Crippen molar-refractivity contribution in [3.05, 3.63) is 95.1 Å². The second-order valence-corrected chi connectivity index (χ2v) is 7.56. The minimum atomic E-state index is -1.21. The summed E-state index contributed by atoms with van der Waals surface area (Å²) in [6, 6.07) is 22.7. The molecule has 6 nitrogen and oxygen atoms in total. The van der Waals surface area contributed by atoms with Crippen molar-refractivity contribution < 1.29 is 14.3 Å². The van der Waals surface area contributed by atoms with Crippen LogP contribution in [0.15, 0.2) is 72.8 Å². The van der Waals surface area contributed by atoms with Gasteiger partial charge in [-0.1, -0.05) is 54.1 Å². The van der Waals surface area contributed by atoms with Crippen LogP contribution in [0.1, 0.15) is 22.3 Å². The van der Waals surface area contributed by atoms with E-state index in [1.807, 2.05) is 79.7 Å². The molecule has 1 saturated heterocycles. The number of nitrogens with zero attached hydrogens (tertiary/aromatic N) is 1. The number of rotatable bonds is 6. The molecule has 0 spiro atoms. The molecule has 0 aromatic heterocycles. The van der Waals surface area contributed by atoms with Crippen LogP contribution in [0.25, 0.3) is 0 Å². The Bertz CT molecular complexity index is 1040. The van der Waals surface area contributed by atoms with Gasteiger partial charge in [0.15, 0.2) is 11.5 Å². The first-order valence-electron chi connectivity index (χ1n) is 10.0. The lowest BCUT2D eigenvalue weighted by atomic mass is 9.82. The summed E-state index contributed by atoms with van der Waals surface area (Å²) in [5.74, 6) is 1.27. The lowest BCUT2D eigenvalue weighted by Crippen LogP contribution is -2.45. The van der Waals surface area contributed by atoms with Crippen LogP contribution < -0.4 is 14.8 Å². The molecule has 0 aliphatic carbocycles. The third-order valence-electron chi connectivity index (χ3n) is 5.65. The van der Waals surface area contributed by atoms with Gasteiger partial charge in [0.2, 0.25) is 0 Å². The summed E-state index contributed by atoms with van der Waals surface area (Å²) in [7, 11) is 3.21. The van der Waals surface area contributed by atoms with Crippen molar-refractivity contribution >= 4 is 11.9 Å². The van der Waals surface area contributed by atoms with E-state index in [0.29, 0.717) is 18.0 Å². The van der Waals surface area contributed by atoms with Crippen molar-refractivity contribution in [2.75, 3.05) is 14.2 Å². The molecule has 1 aliphatic heterocycles. The maximum absolute atomic E-state index is 13.9. The molecule has 0 saturated carbocycles. The molecular formula is C25H25N3O3. The van der Waals surface area contributed by atoms with Gasteiger partial charge < -0.3 is 14.8 Å². The zero-order valence-corrected chi connectivity index (χ0v) is 17.8. The number of amides is 1. The Kier molecular flexibility index (Phi) is 5.38. The number of nitrogens with one attached hydrogen (secondary N) is 2. The Morgan fingerprint density at radius 3 is 1.77 bits per heavy atom. The highest BCUT2D eigenvalue weighted by molar-refractivity contribution is 6.10. The summed E-state index contributed by atoms with van der Waals surface area (Å²) in [4.78, 5) is 15.4. The lowest BCUT2D eigenvalue weighted by Gasteiger charge is -2.28. The average molecular weight is 415 g/mol. The molecule has 0 radical (unpaired) electrons. The van der Waals surface area contributed by atoms with Crippen LogP contribution in [0.4, 0.5) is 0 Å². The highest BCUT2D eigenvalue weighted by atomic mass is 16.5. The van der Waals surface area contributed by atoms with Crippen LogP contribution in [-0.4, -0.2) is 31.0 Å². The molecule has 6 heteroatoms. The van der Waals surface area contributed by atoms with E-state index in [9.17, 15) is 4.79 Å². The summed E-state index contributed by atoms with van der Waals surface area (Å²) in [5, 5.41) is 11.8. The molecule has 0 unspecified atom stereocenters. The fourth-order valence-electron chi connectivity index (χ4n) is 3.87. The number of hydrogen-bond donors (Lipinski definition) is 2. The fourth-order valence-corrected chi connectivity index (χ4v) is 3.87. The first-order chi connectivity index (χ1) is 15.0. The Morgan fingerprint density at radius 2 is 1.32 bits per heavy atom. The van der Waals surface area contributed by atoms with Crippen LogP contribution >= 0.6 is 0 Å². The zero-order chi connectivity index (χ0) is 22.0.